The summed E-state index contributed by atoms with van der Waals surface area (Å²) in [6.45, 7) is -4.68. The Morgan fingerprint density at radius 2 is 0.480 bits per heavy atom. The lowest BCUT2D eigenvalue weighted by Gasteiger charge is -2.52. The van der Waals surface area contributed by atoms with E-state index in [0.29, 0.717) is 0 Å². The number of rotatable bonds is 39. The highest BCUT2D eigenvalue weighted by Crippen LogP contribution is 2.44. The minimum atomic E-state index is -5.59. The second kappa shape index (κ2) is 52.8. The molecule has 0 bridgehead atoms. The van der Waals surface area contributed by atoms with Gasteiger partial charge in [-0.05, 0) is 20.8 Å². The summed E-state index contributed by atoms with van der Waals surface area (Å²) in [6, 6.07) is -8.48. The Kier molecular flexibility index (Phi) is 43.7. The lowest BCUT2D eigenvalue weighted by Crippen LogP contribution is -2.71. The van der Waals surface area contributed by atoms with E-state index in [0.717, 1.165) is 27.7 Å². The van der Waals surface area contributed by atoms with Gasteiger partial charge in [0.1, 0.15) is 274 Å². The topological polar surface area (TPSA) is 1040 Å². The second-order valence-corrected chi connectivity index (χ2v) is 39.7. The lowest BCUT2D eigenvalue weighted by atomic mass is 9.93. The van der Waals surface area contributed by atoms with Crippen LogP contribution in [0.15, 0.2) is 0 Å². The molecule has 0 aromatic rings. The Hall–Kier alpha value is -4.46. The number of nitrogens with one attached hydrogen (secondary N) is 4. The van der Waals surface area contributed by atoms with Gasteiger partial charge in [-0.2, -0.15) is 16.8 Å². The van der Waals surface area contributed by atoms with Crippen molar-refractivity contribution < 1.29 is 311 Å². The average Bonchev–Trinajstić information content (AvgIpc) is 0.758. The molecule has 12 aliphatic heterocycles. The van der Waals surface area contributed by atoms with E-state index >= 15 is 0 Å². The van der Waals surface area contributed by atoms with E-state index in [1.54, 1.807) is 0 Å². The van der Waals surface area contributed by atoms with Crippen LogP contribution in [0.4, 0.5) is 0 Å². The van der Waals surface area contributed by atoms with E-state index in [1.165, 1.54) is 20.8 Å². The predicted octanol–water partition coefficient (Wildman–Crippen LogP) is -23.8. The third kappa shape index (κ3) is 28.2. The molecule has 0 unspecified atom stereocenters. The quantitative estimate of drug-likeness (QED) is 0.0254. The molecule has 0 spiro atoms. The molecule has 60 atom stereocenters. The normalized spacial score (nSPS) is 49.1. The molecule has 0 aromatic carbocycles. The van der Waals surface area contributed by atoms with Crippen molar-refractivity contribution in [1.82, 2.24) is 21.3 Å². The van der Waals surface area contributed by atoms with Crippen LogP contribution in [0.25, 0.3) is 0 Å². The van der Waals surface area contributed by atoms with Crippen LogP contribution < -0.4 is 21.3 Å². The summed E-state index contributed by atoms with van der Waals surface area (Å²) in [5.74, 6) is -4.27. The van der Waals surface area contributed by atoms with Crippen molar-refractivity contribution in [3.8, 4) is 0 Å². The minimum absolute atomic E-state index is 0.810. The monoisotopic (exact) mass is 2240 g/mol. The van der Waals surface area contributed by atoms with Gasteiger partial charge < -0.3 is 278 Å². The van der Waals surface area contributed by atoms with Crippen molar-refractivity contribution in [2.24, 2.45) is 0 Å². The molecule has 870 valence electrons. The van der Waals surface area contributed by atoms with Gasteiger partial charge in [0.05, 0.1) is 77.8 Å². The van der Waals surface area contributed by atoms with Crippen LogP contribution >= 0.6 is 0 Å². The van der Waals surface area contributed by atoms with E-state index in [9.17, 15) is 193 Å². The van der Waals surface area contributed by atoms with Gasteiger partial charge in [0.15, 0.2) is 75.5 Å². The maximum absolute atomic E-state index is 13.8. The molecular formula is C80H134N4O64S2. The molecule has 0 saturated carbocycles. The van der Waals surface area contributed by atoms with Crippen LogP contribution in [0.2, 0.25) is 0 Å². The lowest BCUT2D eigenvalue weighted by molar-refractivity contribution is -0.404. The number of ether oxygens (including phenoxy) is 23. The largest absolute Gasteiger partial charge is 0.397 e. The maximum atomic E-state index is 13.8. The summed E-state index contributed by atoms with van der Waals surface area (Å²) < 4.78 is 216. The zero-order valence-electron chi connectivity index (χ0n) is 80.2. The second-order valence-electron chi connectivity index (χ2n) is 37.6. The van der Waals surface area contributed by atoms with Crippen molar-refractivity contribution in [2.75, 3.05) is 59.5 Å². The van der Waals surface area contributed by atoms with Gasteiger partial charge in [-0.25, -0.2) is 8.37 Å². The highest BCUT2D eigenvalue weighted by atomic mass is 32.3. The minimum Gasteiger partial charge on any atom is -0.394 e. The van der Waals surface area contributed by atoms with Crippen molar-refractivity contribution in [3.63, 3.8) is 0 Å². The fourth-order valence-electron chi connectivity index (χ4n) is 19.1. The molecule has 0 aromatic heterocycles. The standard InChI is InChI=1S/C80H134N4O64S2/c1-17-37(96)45(104)52(111)73(126-17)124-16-32-59(43(102)33(69(117)129-32)81-20(4)92)138-70-34(82-21(5)93)44(103)58(26(10-87)132-70)139-78-57(116)66(144-80-68(49(108)41(100)25(9-86)131-80)146-72-36(84-23(7)95)65(143-77-56(115)51(110)61(28(12-89)136-77)148-150(121,122)123)63(30(14-91)134-72)141-75-54(113)47(106)39(98)19(3)128-75)42(101)31(137-78)15-125-79-67(48(107)40(99)24(8-85)130-79)145-71-35(83-22(6)94)64(142-76-55(114)50(109)60(27(11-88)135-76)147-149(118,119)120)62(29(13-90)133-71)140-74-53(112)46(105)38(97)18(2)127-74/h17-19,24-80,85-91,96-117H,8-16H2,1-7H3,(H,81,92)(H,82,93)(H,83,94)(H,84,95)(H,118,119,120)(H,121,122,123)/t17-,18-,19-,24+,25+,26+,27+,28+,29+,30+,31+,32+,33+,34+,35+,36+,37+,38+,39+,40+,41+,42+,43+,44+,45+,46+,47+,48-,49-,50+,51+,52-,53-,54-,55+,56+,57-,58+,59+,60-,61-,62+,63+,64+,65+,66-,67-,68-,69+,70-,71-,72-,73+,74-,75-,76-,77-,78-,79-,80+/m0/s1. The van der Waals surface area contributed by atoms with E-state index in [2.05, 4.69) is 29.6 Å². The summed E-state index contributed by atoms with van der Waals surface area (Å²) in [6.07, 6.45) is -126. The number of amides is 4. The van der Waals surface area contributed by atoms with E-state index in [1.807, 2.05) is 0 Å². The number of carbonyl (C=O) groups excluding carboxylic acids is 4. The first-order chi connectivity index (χ1) is 70.4. The highest BCUT2D eigenvalue weighted by molar-refractivity contribution is 7.81. The van der Waals surface area contributed by atoms with E-state index < -0.39 is 472 Å². The van der Waals surface area contributed by atoms with Crippen molar-refractivity contribution in [1.29, 1.82) is 0 Å². The Morgan fingerprint density at radius 1 is 0.220 bits per heavy atom. The van der Waals surface area contributed by atoms with E-state index in [-0.39, 0.29) is 0 Å². The predicted molar refractivity (Wildman–Crippen MR) is 458 cm³/mol. The molecule has 0 aliphatic carbocycles. The number of aliphatic hydroxyl groups is 29. The first-order valence-electron chi connectivity index (χ1n) is 47.1. The molecule has 4 amide bonds. The van der Waals surface area contributed by atoms with Crippen LogP contribution in [0, 0.1) is 0 Å². The van der Waals surface area contributed by atoms with Gasteiger partial charge in [0.25, 0.3) is 0 Å². The molecule has 12 heterocycles. The van der Waals surface area contributed by atoms with Crippen molar-refractivity contribution in [3.05, 3.63) is 0 Å². The zero-order chi connectivity index (χ0) is 111. The average molecular weight is 2240 g/mol. The van der Waals surface area contributed by atoms with Crippen molar-refractivity contribution in [2.45, 2.75) is 417 Å². The molecule has 70 heteroatoms. The molecule has 12 aliphatic rings. The Morgan fingerprint density at radius 3 is 0.887 bits per heavy atom. The number of carbonyl (C=O) groups is 4. The van der Waals surface area contributed by atoms with Gasteiger partial charge in [0, 0.05) is 27.7 Å². The SMILES string of the molecule is CC(=O)N[C@@H]1[C@@H](O)[C@H](O[C@@H]2O[C@H](CO)[C@@H](O[C@@H]3O[C@H](CO[C@H]4O[C@H](CO)[C@@H](O)[C@H](O)[C@@H]4O[C@@H]4O[C@H](CO)[C@@H](O[C@@H]5O[C@@H](C)[C@@H](O)[C@@H](O)[C@@H]5O)[C@H](O[C@@H]5O[C@H](CO)[C@H](OS(=O)(=O)O)[C@H](O)[C@H]5O)[C@H]4NC(C)=O)[C@@H](O)[C@H](O[C@H]4O[C@H](CO)[C@@H](O)[C@H](O)[C@@H]4O[C@@H]4O[C@H](CO)[C@@H](O[C@@H]5O[C@@H](C)[C@@H](O)[C@@H](O)[C@@H]5O)[C@H](O[C@@H]5O[C@H](CO)[C@H](OS(=O)(=O)O)[C@H](O)[C@H]5O)[C@H]4NC(C)=O)[C@@H]3O)[C@H](O)[C@H]2NC(C)=O)[C@@H](CO[C@@H]2O[C@@H](C)[C@@H](O)[C@@H](O)[C@@H]2O)O[C@H]1O. The first kappa shape index (κ1) is 124. The van der Waals surface area contributed by atoms with Gasteiger partial charge in [-0.15, -0.1) is 0 Å². The molecule has 0 radical (unpaired) electrons. The maximum Gasteiger partial charge on any atom is 0.397 e. The Balaban J connectivity index is 0.929. The van der Waals surface area contributed by atoms with Crippen molar-refractivity contribution >= 4 is 44.4 Å². The smallest absolute Gasteiger partial charge is 0.394 e. The van der Waals surface area contributed by atoms with Crippen LogP contribution in [0.5, 0.6) is 0 Å². The number of hydrogen-bond donors (Lipinski definition) is 35. The summed E-state index contributed by atoms with van der Waals surface area (Å²) in [5, 5.41) is 341. The van der Waals surface area contributed by atoms with E-state index in [4.69, 9.17) is 109 Å². The summed E-state index contributed by atoms with van der Waals surface area (Å²) in [7, 11) is -11.2. The molecule has 12 fully saturated rings. The highest BCUT2D eigenvalue weighted by Gasteiger charge is 2.65. The van der Waals surface area contributed by atoms with Crippen LogP contribution in [0.1, 0.15) is 48.5 Å². The fourth-order valence-corrected chi connectivity index (χ4v) is 20.1. The Labute approximate surface area is 849 Å². The van der Waals surface area contributed by atoms with Crippen LogP contribution in [-0.4, -0.2) is 625 Å². The third-order valence-electron chi connectivity index (χ3n) is 27.0. The van der Waals surface area contributed by atoms with Crippen LogP contribution in [-0.2, 0) is 157 Å². The molecule has 68 nitrogen and oxygen atoms in total. The van der Waals surface area contributed by atoms with Gasteiger partial charge in [-0.1, -0.05) is 0 Å². The molecule has 12 saturated heterocycles. The summed E-state index contributed by atoms with van der Waals surface area (Å²) in [4.78, 5) is 53.6. The fraction of sp³-hybridized carbons (Fsp3) is 0.950. The summed E-state index contributed by atoms with van der Waals surface area (Å²) >= 11 is 0. The summed E-state index contributed by atoms with van der Waals surface area (Å²) in [5.41, 5.74) is 0. The first-order valence-corrected chi connectivity index (χ1v) is 49.8. The molecule has 35 N–H and O–H groups in total. The molecule has 150 heavy (non-hydrogen) atoms. The molecule has 12 rings (SSSR count). The van der Waals surface area contributed by atoms with Gasteiger partial charge in [0.2, 0.25) is 23.6 Å². The number of aliphatic hydroxyl groups excluding tert-OH is 29. The number of hydrogen-bond acceptors (Lipinski definition) is 62. The zero-order valence-corrected chi connectivity index (χ0v) is 81.8. The van der Waals surface area contributed by atoms with Gasteiger partial charge in [-0.3, -0.25) is 28.3 Å². The molecular weight excluding hydrogens is 2100 g/mol. The van der Waals surface area contributed by atoms with Crippen LogP contribution in [0.3, 0.4) is 0 Å². The Bertz CT molecular complexity index is 4510. The third-order valence-corrected chi connectivity index (χ3v) is 27.9. The van der Waals surface area contributed by atoms with Gasteiger partial charge >= 0.3 is 20.8 Å².